The summed E-state index contributed by atoms with van der Waals surface area (Å²) in [5, 5.41) is 3.17. The Morgan fingerprint density at radius 2 is 1.56 bits per heavy atom. The lowest BCUT2D eigenvalue weighted by Crippen LogP contribution is -2.23. The molecule has 1 heterocycles. The van der Waals surface area contributed by atoms with Gasteiger partial charge in [-0.25, -0.2) is 4.39 Å². The summed E-state index contributed by atoms with van der Waals surface area (Å²) in [6.45, 7) is 0.134. The van der Waals surface area contributed by atoms with E-state index >= 15 is 0 Å². The van der Waals surface area contributed by atoms with Gasteiger partial charge in [0, 0.05) is 29.5 Å². The molecule has 8 heteroatoms. The number of nitrogens with one attached hydrogen (secondary N) is 1. The lowest BCUT2D eigenvalue weighted by atomic mass is 10.0. The fraction of sp³-hybridized carbons (Fsp3) is 0.0769. The Morgan fingerprint density at radius 3 is 2.26 bits per heavy atom. The lowest BCUT2D eigenvalue weighted by Gasteiger charge is -2.11. The molecule has 0 fully saturated rings. The van der Waals surface area contributed by atoms with Gasteiger partial charge in [0.15, 0.2) is 0 Å². The topological polar surface area (TPSA) is 42.0 Å². The number of nitrogens with zero attached hydrogens (tertiary/aromatic N) is 1. The number of benzene rings is 3. The van der Waals surface area contributed by atoms with Crippen molar-refractivity contribution in [1.29, 1.82) is 0 Å². The van der Waals surface area contributed by atoms with Crippen LogP contribution in [0.15, 0.2) is 85.2 Å². The van der Waals surface area contributed by atoms with E-state index in [2.05, 4.69) is 10.3 Å². The molecule has 0 atom stereocenters. The summed E-state index contributed by atoms with van der Waals surface area (Å²) in [6.07, 6.45) is -1.73. The first-order valence-electron chi connectivity index (χ1n) is 10.2. The largest absolute Gasteiger partial charge is 0.416 e. The summed E-state index contributed by atoms with van der Waals surface area (Å²) in [6, 6.07) is 17.6. The van der Waals surface area contributed by atoms with Crippen LogP contribution in [0.25, 0.3) is 22.3 Å². The number of hydrogen-bond donors (Lipinski definition) is 1. The third-order valence-electron chi connectivity index (χ3n) is 5.19. The second kappa shape index (κ2) is 9.65. The number of pyridine rings is 1. The van der Waals surface area contributed by atoms with E-state index in [0.29, 0.717) is 21.7 Å². The van der Waals surface area contributed by atoms with E-state index in [-0.39, 0.29) is 17.9 Å². The second-order valence-corrected chi connectivity index (χ2v) is 7.94. The molecule has 34 heavy (non-hydrogen) atoms. The summed E-state index contributed by atoms with van der Waals surface area (Å²) < 4.78 is 52.2. The number of hydrogen-bond acceptors (Lipinski definition) is 2. The van der Waals surface area contributed by atoms with Gasteiger partial charge < -0.3 is 5.32 Å². The normalized spacial score (nSPS) is 11.3. The SMILES string of the molecule is O=C(NCc1ccc(-c2ccc(F)cc2)cc1Cl)c1cncc(-c2cccc(C(F)(F)F)c2)c1. The maximum Gasteiger partial charge on any atom is 0.416 e. The van der Waals surface area contributed by atoms with Gasteiger partial charge in [-0.3, -0.25) is 9.78 Å². The molecular formula is C26H17ClF4N2O. The molecule has 0 aliphatic carbocycles. The number of rotatable bonds is 5. The molecule has 0 saturated carbocycles. The summed E-state index contributed by atoms with van der Waals surface area (Å²) in [5.74, 6) is -0.777. The maximum atomic E-state index is 13.1. The zero-order valence-corrected chi connectivity index (χ0v) is 18.3. The van der Waals surface area contributed by atoms with Gasteiger partial charge in [0.2, 0.25) is 0 Å². The molecule has 1 N–H and O–H groups in total. The average molecular weight is 485 g/mol. The van der Waals surface area contributed by atoms with Crippen LogP contribution in [-0.2, 0) is 12.7 Å². The quantitative estimate of drug-likeness (QED) is 0.305. The van der Waals surface area contributed by atoms with Gasteiger partial charge in [-0.1, -0.05) is 48.0 Å². The lowest BCUT2D eigenvalue weighted by molar-refractivity contribution is -0.137. The standard InChI is InChI=1S/C26H17ClF4N2O/c27-24-12-18(16-6-8-23(28)9-7-16)4-5-19(24)15-33-25(34)21-10-20(13-32-14-21)17-2-1-3-22(11-17)26(29,30)31/h1-14H,15H2,(H,33,34). The molecule has 1 aromatic heterocycles. The monoisotopic (exact) mass is 484 g/mol. The van der Waals surface area contributed by atoms with Crippen LogP contribution in [-0.4, -0.2) is 10.9 Å². The highest BCUT2D eigenvalue weighted by atomic mass is 35.5. The molecule has 0 saturated heterocycles. The second-order valence-electron chi connectivity index (χ2n) is 7.54. The highest BCUT2D eigenvalue weighted by Gasteiger charge is 2.30. The van der Waals surface area contributed by atoms with Crippen molar-refractivity contribution in [2.75, 3.05) is 0 Å². The van der Waals surface area contributed by atoms with Crippen LogP contribution in [0.1, 0.15) is 21.5 Å². The van der Waals surface area contributed by atoms with E-state index in [1.165, 1.54) is 42.7 Å². The first kappa shape index (κ1) is 23.4. The van der Waals surface area contributed by atoms with Gasteiger partial charge in [-0.15, -0.1) is 0 Å². The Balaban J connectivity index is 1.47. The van der Waals surface area contributed by atoms with Crippen molar-refractivity contribution in [1.82, 2.24) is 10.3 Å². The molecule has 0 spiro atoms. The number of aromatic nitrogens is 1. The first-order chi connectivity index (χ1) is 16.2. The van der Waals surface area contributed by atoms with Crippen molar-refractivity contribution >= 4 is 17.5 Å². The van der Waals surface area contributed by atoms with Gasteiger partial charge in [0.05, 0.1) is 11.1 Å². The number of alkyl halides is 3. The van der Waals surface area contributed by atoms with Gasteiger partial charge >= 0.3 is 6.18 Å². The molecular weight excluding hydrogens is 468 g/mol. The summed E-state index contributed by atoms with van der Waals surface area (Å²) in [7, 11) is 0. The third kappa shape index (κ3) is 5.43. The predicted octanol–water partition coefficient (Wildman–Crippen LogP) is 7.16. The minimum Gasteiger partial charge on any atom is -0.348 e. The highest BCUT2D eigenvalue weighted by molar-refractivity contribution is 6.31. The molecule has 3 nitrogen and oxygen atoms in total. The van der Waals surface area contributed by atoms with Crippen LogP contribution in [0.2, 0.25) is 5.02 Å². The average Bonchev–Trinajstić information content (AvgIpc) is 2.83. The van der Waals surface area contributed by atoms with Crippen LogP contribution in [0, 0.1) is 5.82 Å². The van der Waals surface area contributed by atoms with Gasteiger partial charge in [-0.2, -0.15) is 13.2 Å². The predicted molar refractivity (Wildman–Crippen MR) is 123 cm³/mol. The molecule has 0 radical (unpaired) electrons. The van der Waals surface area contributed by atoms with Gasteiger partial charge in [0.25, 0.3) is 5.91 Å². The molecule has 172 valence electrons. The fourth-order valence-electron chi connectivity index (χ4n) is 3.39. The molecule has 0 aliphatic rings. The smallest absolute Gasteiger partial charge is 0.348 e. The van der Waals surface area contributed by atoms with E-state index in [1.54, 1.807) is 24.3 Å². The maximum absolute atomic E-state index is 13.1. The van der Waals surface area contributed by atoms with E-state index in [0.717, 1.165) is 23.3 Å². The van der Waals surface area contributed by atoms with E-state index in [9.17, 15) is 22.4 Å². The van der Waals surface area contributed by atoms with Crippen LogP contribution in [0.3, 0.4) is 0 Å². The molecule has 1 amide bonds. The zero-order valence-electron chi connectivity index (χ0n) is 17.5. The highest BCUT2D eigenvalue weighted by Crippen LogP contribution is 2.32. The number of carbonyl (C=O) groups is 1. The van der Waals surface area contributed by atoms with Gasteiger partial charge in [-0.05, 0) is 58.7 Å². The summed E-state index contributed by atoms with van der Waals surface area (Å²) in [4.78, 5) is 16.7. The van der Waals surface area contributed by atoms with Crippen molar-refractivity contribution in [3.8, 4) is 22.3 Å². The Bertz CT molecular complexity index is 1340. The van der Waals surface area contributed by atoms with Crippen molar-refractivity contribution < 1.29 is 22.4 Å². The summed E-state index contributed by atoms with van der Waals surface area (Å²) in [5.41, 5.74) is 2.39. The minimum atomic E-state index is -4.47. The minimum absolute atomic E-state index is 0.134. The van der Waals surface area contributed by atoms with Crippen molar-refractivity contribution in [2.24, 2.45) is 0 Å². The Labute approximate surface area is 198 Å². The van der Waals surface area contributed by atoms with E-state index in [1.807, 2.05) is 6.07 Å². The number of carbonyl (C=O) groups excluding carboxylic acids is 1. The first-order valence-corrected chi connectivity index (χ1v) is 10.5. The van der Waals surface area contributed by atoms with E-state index < -0.39 is 17.6 Å². The molecule has 3 aromatic carbocycles. The van der Waals surface area contributed by atoms with Crippen LogP contribution < -0.4 is 5.32 Å². The van der Waals surface area contributed by atoms with Crippen LogP contribution in [0.5, 0.6) is 0 Å². The van der Waals surface area contributed by atoms with Crippen molar-refractivity contribution in [2.45, 2.75) is 12.7 Å². The molecule has 0 unspecified atom stereocenters. The van der Waals surface area contributed by atoms with E-state index in [4.69, 9.17) is 11.6 Å². The fourth-order valence-corrected chi connectivity index (χ4v) is 3.63. The zero-order chi connectivity index (χ0) is 24.3. The van der Waals surface area contributed by atoms with Gasteiger partial charge in [0.1, 0.15) is 5.82 Å². The Hall–Kier alpha value is -3.71. The summed E-state index contributed by atoms with van der Waals surface area (Å²) >= 11 is 6.37. The Kier molecular flexibility index (Phi) is 6.65. The van der Waals surface area contributed by atoms with Crippen LogP contribution >= 0.6 is 11.6 Å². The van der Waals surface area contributed by atoms with Crippen molar-refractivity contribution in [3.05, 3.63) is 113 Å². The van der Waals surface area contributed by atoms with Crippen LogP contribution in [0.4, 0.5) is 17.6 Å². The molecule has 4 aromatic rings. The molecule has 0 aliphatic heterocycles. The number of halogens is 5. The van der Waals surface area contributed by atoms with Crippen molar-refractivity contribution in [3.63, 3.8) is 0 Å². The molecule has 0 bridgehead atoms. The third-order valence-corrected chi connectivity index (χ3v) is 5.55. The molecule has 4 rings (SSSR count). The Morgan fingerprint density at radius 1 is 0.853 bits per heavy atom. The number of amides is 1.